The smallest absolute Gasteiger partial charge is 0.125 e. The summed E-state index contributed by atoms with van der Waals surface area (Å²) in [5.41, 5.74) is 3.63. The first-order valence-electron chi connectivity index (χ1n) is 9.70. The number of hydrogen-bond donors (Lipinski definition) is 1. The normalized spacial score (nSPS) is 17.3. The number of hydrogen-bond acceptors (Lipinski definition) is 4. The molecule has 0 saturated carbocycles. The van der Waals surface area contributed by atoms with Crippen LogP contribution in [0.1, 0.15) is 23.5 Å². The molecule has 0 unspecified atom stereocenters. The van der Waals surface area contributed by atoms with E-state index in [1.54, 1.807) is 0 Å². The van der Waals surface area contributed by atoms with Gasteiger partial charge in [-0.1, -0.05) is 12.1 Å². The summed E-state index contributed by atoms with van der Waals surface area (Å²) in [4.78, 5) is 11.6. The first-order valence-corrected chi connectivity index (χ1v) is 9.70. The molecule has 1 aliphatic heterocycles. The van der Waals surface area contributed by atoms with Gasteiger partial charge in [0.2, 0.25) is 0 Å². The molecular weight excluding hydrogens is 334 g/mol. The van der Waals surface area contributed by atoms with Gasteiger partial charge in [0.15, 0.2) is 0 Å². The molecule has 4 rings (SSSR count). The molecule has 0 amide bonds. The van der Waals surface area contributed by atoms with Gasteiger partial charge in [-0.05, 0) is 55.7 Å². The number of nitrogens with one attached hydrogen (secondary N) is 1. The van der Waals surface area contributed by atoms with Gasteiger partial charge in [0, 0.05) is 56.5 Å². The number of fused-ring (bicyclic) bond motifs is 1. The van der Waals surface area contributed by atoms with Crippen molar-refractivity contribution in [3.05, 3.63) is 78.0 Å². The van der Waals surface area contributed by atoms with Gasteiger partial charge in [-0.15, -0.1) is 0 Å². The number of aryl methyl sites for hydroxylation is 1. The number of nitrogens with zero attached hydrogens (tertiary/aromatic N) is 4. The minimum atomic E-state index is 0.597. The Kier molecular flexibility index (Phi) is 5.49. The molecule has 140 valence electrons. The van der Waals surface area contributed by atoms with E-state index in [4.69, 9.17) is 4.98 Å². The van der Waals surface area contributed by atoms with Crippen molar-refractivity contribution in [2.75, 3.05) is 18.4 Å². The molecule has 4 heterocycles. The SMILES string of the molecule is Cc1cccc(CN2Cc3cccn3C[C@@H](CCNc3ccccn3)C2)n1. The highest BCUT2D eigenvalue weighted by molar-refractivity contribution is 5.32. The van der Waals surface area contributed by atoms with Crippen LogP contribution in [-0.4, -0.2) is 32.5 Å². The van der Waals surface area contributed by atoms with Crippen molar-refractivity contribution in [2.24, 2.45) is 5.92 Å². The topological polar surface area (TPSA) is 46.0 Å². The lowest BCUT2D eigenvalue weighted by atomic mass is 10.0. The van der Waals surface area contributed by atoms with Crippen molar-refractivity contribution < 1.29 is 0 Å². The zero-order valence-electron chi connectivity index (χ0n) is 15.9. The summed E-state index contributed by atoms with van der Waals surface area (Å²) in [6, 6.07) is 16.7. The Morgan fingerprint density at radius 1 is 1.07 bits per heavy atom. The molecule has 0 bridgehead atoms. The van der Waals surface area contributed by atoms with Crippen LogP contribution in [0.4, 0.5) is 5.82 Å². The molecule has 1 aliphatic rings. The molecular formula is C22H27N5. The largest absolute Gasteiger partial charge is 0.370 e. The van der Waals surface area contributed by atoms with Gasteiger partial charge >= 0.3 is 0 Å². The molecule has 0 aliphatic carbocycles. The second kappa shape index (κ2) is 8.35. The Hall–Kier alpha value is -2.66. The van der Waals surface area contributed by atoms with Crippen molar-refractivity contribution in [2.45, 2.75) is 33.0 Å². The van der Waals surface area contributed by atoms with Gasteiger partial charge in [-0.2, -0.15) is 0 Å². The Balaban J connectivity index is 1.42. The summed E-state index contributed by atoms with van der Waals surface area (Å²) in [7, 11) is 0. The zero-order chi connectivity index (χ0) is 18.5. The number of anilines is 1. The van der Waals surface area contributed by atoms with Crippen LogP contribution in [0, 0.1) is 12.8 Å². The minimum Gasteiger partial charge on any atom is -0.370 e. The van der Waals surface area contributed by atoms with Gasteiger partial charge < -0.3 is 9.88 Å². The molecule has 5 nitrogen and oxygen atoms in total. The van der Waals surface area contributed by atoms with Crippen LogP contribution in [0.15, 0.2) is 60.9 Å². The van der Waals surface area contributed by atoms with Crippen molar-refractivity contribution >= 4 is 5.82 Å². The number of aromatic nitrogens is 3. The molecule has 5 heteroatoms. The molecule has 1 atom stereocenters. The molecule has 27 heavy (non-hydrogen) atoms. The van der Waals surface area contributed by atoms with Crippen molar-refractivity contribution in [3.8, 4) is 0 Å². The summed E-state index contributed by atoms with van der Waals surface area (Å²) in [6.45, 7) is 7.03. The summed E-state index contributed by atoms with van der Waals surface area (Å²) in [6.07, 6.45) is 5.16. The third kappa shape index (κ3) is 4.74. The molecule has 0 saturated heterocycles. The summed E-state index contributed by atoms with van der Waals surface area (Å²) in [5, 5.41) is 3.45. The van der Waals surface area contributed by atoms with Gasteiger partial charge in [0.1, 0.15) is 5.82 Å². The predicted octanol–water partition coefficient (Wildman–Crippen LogP) is 3.72. The highest BCUT2D eigenvalue weighted by Crippen LogP contribution is 2.21. The van der Waals surface area contributed by atoms with Crippen LogP contribution in [0.5, 0.6) is 0 Å². The van der Waals surface area contributed by atoms with E-state index in [2.05, 4.69) is 63.2 Å². The Labute approximate surface area is 161 Å². The second-order valence-corrected chi connectivity index (χ2v) is 7.39. The van der Waals surface area contributed by atoms with Crippen molar-refractivity contribution in [1.29, 1.82) is 0 Å². The van der Waals surface area contributed by atoms with Crippen LogP contribution in [0.2, 0.25) is 0 Å². The van der Waals surface area contributed by atoms with Crippen molar-refractivity contribution in [3.63, 3.8) is 0 Å². The first kappa shape index (κ1) is 17.7. The second-order valence-electron chi connectivity index (χ2n) is 7.39. The Morgan fingerprint density at radius 2 is 2.04 bits per heavy atom. The van der Waals surface area contributed by atoms with Gasteiger partial charge in [0.25, 0.3) is 0 Å². The molecule has 0 fully saturated rings. The first-order chi connectivity index (χ1) is 13.3. The summed E-state index contributed by atoms with van der Waals surface area (Å²) >= 11 is 0. The van der Waals surface area contributed by atoms with E-state index in [9.17, 15) is 0 Å². The van der Waals surface area contributed by atoms with E-state index in [-0.39, 0.29) is 0 Å². The minimum absolute atomic E-state index is 0.597. The lowest BCUT2D eigenvalue weighted by molar-refractivity contribution is 0.215. The average molecular weight is 361 g/mol. The number of rotatable bonds is 6. The third-order valence-corrected chi connectivity index (χ3v) is 5.14. The van der Waals surface area contributed by atoms with E-state index in [0.717, 1.165) is 56.4 Å². The molecule has 1 N–H and O–H groups in total. The van der Waals surface area contributed by atoms with Crippen LogP contribution < -0.4 is 5.32 Å². The lowest BCUT2D eigenvalue weighted by Crippen LogP contribution is -2.29. The average Bonchev–Trinajstić information content (AvgIpc) is 3.02. The highest BCUT2D eigenvalue weighted by Gasteiger charge is 2.21. The number of pyridine rings is 2. The van der Waals surface area contributed by atoms with Gasteiger partial charge in [-0.25, -0.2) is 4.98 Å². The fourth-order valence-corrected chi connectivity index (χ4v) is 3.86. The van der Waals surface area contributed by atoms with E-state index in [0.29, 0.717) is 5.92 Å². The Bertz CT molecular complexity index is 858. The van der Waals surface area contributed by atoms with Gasteiger partial charge in [0.05, 0.1) is 5.69 Å². The maximum absolute atomic E-state index is 4.70. The summed E-state index contributed by atoms with van der Waals surface area (Å²) in [5.74, 6) is 1.55. The monoisotopic (exact) mass is 361 g/mol. The molecule has 0 aromatic carbocycles. The van der Waals surface area contributed by atoms with Gasteiger partial charge in [-0.3, -0.25) is 9.88 Å². The van der Waals surface area contributed by atoms with Crippen molar-refractivity contribution in [1.82, 2.24) is 19.4 Å². The molecule has 0 spiro atoms. The van der Waals surface area contributed by atoms with E-state index >= 15 is 0 Å². The Morgan fingerprint density at radius 3 is 2.89 bits per heavy atom. The molecule has 3 aromatic heterocycles. The van der Waals surface area contributed by atoms with E-state index < -0.39 is 0 Å². The fraction of sp³-hybridized carbons (Fsp3) is 0.364. The standard InChI is InChI=1S/C22H27N5/c1-18-6-4-7-20(25-18)16-26-14-19(15-27-13-5-8-21(27)17-26)10-12-24-22-9-2-3-11-23-22/h2-9,11,13,19H,10,12,14-17H2,1H3,(H,23,24)/t19-/m0/s1. The van der Waals surface area contributed by atoms with Crippen LogP contribution >= 0.6 is 0 Å². The quantitative estimate of drug-likeness (QED) is 0.727. The van der Waals surface area contributed by atoms with E-state index in [1.807, 2.05) is 24.4 Å². The molecule has 3 aromatic rings. The van der Waals surface area contributed by atoms with Crippen LogP contribution in [0.25, 0.3) is 0 Å². The van der Waals surface area contributed by atoms with Crippen LogP contribution in [-0.2, 0) is 19.6 Å². The lowest BCUT2D eigenvalue weighted by Gasteiger charge is -2.24. The third-order valence-electron chi connectivity index (χ3n) is 5.14. The maximum Gasteiger partial charge on any atom is 0.125 e. The predicted molar refractivity (Wildman–Crippen MR) is 108 cm³/mol. The van der Waals surface area contributed by atoms with Crippen LogP contribution in [0.3, 0.4) is 0 Å². The molecule has 0 radical (unpaired) electrons. The highest BCUT2D eigenvalue weighted by atomic mass is 15.2. The summed E-state index contributed by atoms with van der Waals surface area (Å²) < 4.78 is 2.41. The van der Waals surface area contributed by atoms with E-state index in [1.165, 1.54) is 5.69 Å². The zero-order valence-corrected chi connectivity index (χ0v) is 15.9. The maximum atomic E-state index is 4.70. The fourth-order valence-electron chi connectivity index (χ4n) is 3.86.